The number of nitrogens with zero attached hydrogens (tertiary/aromatic N) is 3. The van der Waals surface area contributed by atoms with E-state index in [1.54, 1.807) is 18.3 Å². The standard InChI is InChI=1S/C14H10Cl2N3O2P/c15-22(16,20)21-14-12(9-10-5-2-1-3-6-10)18-13-11(19-14)7-4-8-17-13/h1-8H,9H2. The first-order valence-electron chi connectivity index (χ1n) is 6.36. The van der Waals surface area contributed by atoms with E-state index in [4.69, 9.17) is 27.0 Å². The molecule has 22 heavy (non-hydrogen) atoms. The topological polar surface area (TPSA) is 65.0 Å². The SMILES string of the molecule is O=P(Cl)(Cl)Oc1nc2cccnc2nc1Cc1ccccc1. The van der Waals surface area contributed by atoms with Crippen molar-refractivity contribution in [3.8, 4) is 5.88 Å². The van der Waals surface area contributed by atoms with Gasteiger partial charge in [0.2, 0.25) is 5.88 Å². The van der Waals surface area contributed by atoms with E-state index >= 15 is 0 Å². The van der Waals surface area contributed by atoms with Gasteiger partial charge in [-0.25, -0.2) is 19.5 Å². The van der Waals surface area contributed by atoms with Gasteiger partial charge in [0.05, 0.1) is 0 Å². The molecule has 5 nitrogen and oxygen atoms in total. The smallest absolute Gasteiger partial charge is 0.402 e. The molecule has 0 saturated carbocycles. The summed E-state index contributed by atoms with van der Waals surface area (Å²) in [5.74, 6) is 0.0534. The fourth-order valence-electron chi connectivity index (χ4n) is 1.99. The summed E-state index contributed by atoms with van der Waals surface area (Å²) < 4.78 is 16.6. The van der Waals surface area contributed by atoms with E-state index < -0.39 is 6.07 Å². The van der Waals surface area contributed by atoms with Crippen molar-refractivity contribution in [2.24, 2.45) is 0 Å². The van der Waals surface area contributed by atoms with Crippen molar-refractivity contribution in [3.05, 3.63) is 59.9 Å². The third-order valence-corrected chi connectivity index (χ3v) is 3.68. The van der Waals surface area contributed by atoms with Gasteiger partial charge in [0.15, 0.2) is 5.65 Å². The molecule has 0 aliphatic carbocycles. The van der Waals surface area contributed by atoms with E-state index in [2.05, 4.69) is 15.0 Å². The molecule has 3 rings (SSSR count). The maximum absolute atomic E-state index is 11.5. The average Bonchev–Trinajstić information content (AvgIpc) is 2.47. The highest BCUT2D eigenvalue weighted by atomic mass is 35.9. The predicted molar refractivity (Wildman–Crippen MR) is 86.5 cm³/mol. The molecule has 0 aliphatic heterocycles. The summed E-state index contributed by atoms with van der Waals surface area (Å²) in [4.78, 5) is 12.8. The van der Waals surface area contributed by atoms with E-state index in [1.807, 2.05) is 30.3 Å². The fourth-order valence-corrected chi connectivity index (χ4v) is 2.73. The molecule has 2 aromatic heterocycles. The van der Waals surface area contributed by atoms with Crippen molar-refractivity contribution in [1.82, 2.24) is 15.0 Å². The molecule has 3 aromatic rings. The van der Waals surface area contributed by atoms with Crippen LogP contribution in [0.1, 0.15) is 11.3 Å². The van der Waals surface area contributed by atoms with Gasteiger partial charge in [-0.15, -0.1) is 0 Å². The van der Waals surface area contributed by atoms with Crippen LogP contribution in [0, 0.1) is 0 Å². The van der Waals surface area contributed by atoms with Crippen molar-refractivity contribution >= 4 is 39.7 Å². The Morgan fingerprint density at radius 3 is 2.55 bits per heavy atom. The second kappa shape index (κ2) is 6.21. The Labute approximate surface area is 136 Å². The van der Waals surface area contributed by atoms with Crippen LogP contribution in [0.15, 0.2) is 48.7 Å². The van der Waals surface area contributed by atoms with E-state index in [1.165, 1.54) is 0 Å². The molecule has 0 bridgehead atoms. The Morgan fingerprint density at radius 2 is 1.82 bits per heavy atom. The Balaban J connectivity index is 2.08. The van der Waals surface area contributed by atoms with Gasteiger partial charge in [0, 0.05) is 35.1 Å². The largest absolute Gasteiger partial charge is 0.429 e. The van der Waals surface area contributed by atoms with Crippen LogP contribution >= 0.6 is 28.6 Å². The van der Waals surface area contributed by atoms with Crippen LogP contribution in [0.4, 0.5) is 0 Å². The molecule has 0 N–H and O–H groups in total. The Hall–Kier alpha value is -1.68. The lowest BCUT2D eigenvalue weighted by Gasteiger charge is -2.11. The van der Waals surface area contributed by atoms with Crippen LogP contribution in [0.3, 0.4) is 0 Å². The Kier molecular flexibility index (Phi) is 4.30. The quantitative estimate of drug-likeness (QED) is 0.642. The van der Waals surface area contributed by atoms with E-state index in [0.29, 0.717) is 23.3 Å². The van der Waals surface area contributed by atoms with Crippen molar-refractivity contribution in [1.29, 1.82) is 0 Å². The number of fused-ring (bicyclic) bond motifs is 1. The highest BCUT2D eigenvalue weighted by molar-refractivity contribution is 8.05. The number of rotatable bonds is 4. The maximum atomic E-state index is 11.5. The van der Waals surface area contributed by atoms with Gasteiger partial charge in [0.25, 0.3) is 0 Å². The number of pyridine rings is 1. The van der Waals surface area contributed by atoms with Gasteiger partial charge in [-0.05, 0) is 17.7 Å². The van der Waals surface area contributed by atoms with E-state index in [-0.39, 0.29) is 5.88 Å². The molecule has 0 atom stereocenters. The van der Waals surface area contributed by atoms with Crippen LogP contribution in [-0.4, -0.2) is 15.0 Å². The molecule has 1 aromatic carbocycles. The number of benzene rings is 1. The lowest BCUT2D eigenvalue weighted by molar-refractivity contribution is 0.498. The predicted octanol–water partition coefficient (Wildman–Crippen LogP) is 4.58. The summed E-state index contributed by atoms with van der Waals surface area (Å²) >= 11 is 11.0. The molecule has 0 aliphatic rings. The highest BCUT2D eigenvalue weighted by Gasteiger charge is 2.21. The van der Waals surface area contributed by atoms with Crippen LogP contribution in [0.2, 0.25) is 0 Å². The molecule has 0 amide bonds. The normalized spacial score (nSPS) is 11.5. The van der Waals surface area contributed by atoms with Crippen molar-refractivity contribution in [2.75, 3.05) is 0 Å². The molecule has 0 unspecified atom stereocenters. The zero-order valence-electron chi connectivity index (χ0n) is 11.2. The summed E-state index contributed by atoms with van der Waals surface area (Å²) in [7, 11) is 0. The molecular weight excluding hydrogens is 344 g/mol. The van der Waals surface area contributed by atoms with Gasteiger partial charge in [0.1, 0.15) is 11.2 Å². The summed E-state index contributed by atoms with van der Waals surface area (Å²) in [6, 6.07) is 13.1. The molecule has 0 spiro atoms. The van der Waals surface area contributed by atoms with Gasteiger partial charge in [-0.1, -0.05) is 30.3 Å². The average molecular weight is 354 g/mol. The summed E-state index contributed by atoms with van der Waals surface area (Å²) in [5.41, 5.74) is 2.45. The molecule has 112 valence electrons. The molecule has 0 saturated heterocycles. The zero-order chi connectivity index (χ0) is 15.6. The molecular formula is C14H10Cl2N3O2P. The lowest BCUT2D eigenvalue weighted by atomic mass is 10.1. The van der Waals surface area contributed by atoms with Crippen LogP contribution in [0.25, 0.3) is 11.2 Å². The van der Waals surface area contributed by atoms with Crippen LogP contribution in [0.5, 0.6) is 5.88 Å². The summed E-state index contributed by atoms with van der Waals surface area (Å²) in [6.07, 6.45) is -1.72. The van der Waals surface area contributed by atoms with Gasteiger partial charge in [-0.2, -0.15) is 0 Å². The lowest BCUT2D eigenvalue weighted by Crippen LogP contribution is -2.01. The minimum atomic E-state index is -3.78. The third kappa shape index (κ3) is 3.74. The maximum Gasteiger partial charge on any atom is 0.429 e. The summed E-state index contributed by atoms with van der Waals surface area (Å²) in [5, 5.41) is 0. The van der Waals surface area contributed by atoms with E-state index in [9.17, 15) is 4.57 Å². The van der Waals surface area contributed by atoms with Crippen molar-refractivity contribution in [3.63, 3.8) is 0 Å². The first kappa shape index (κ1) is 15.2. The highest BCUT2D eigenvalue weighted by Crippen LogP contribution is 2.57. The van der Waals surface area contributed by atoms with Crippen molar-refractivity contribution in [2.45, 2.75) is 6.42 Å². The minimum absolute atomic E-state index is 0.0534. The summed E-state index contributed by atoms with van der Waals surface area (Å²) in [6.45, 7) is 0. The van der Waals surface area contributed by atoms with Gasteiger partial charge < -0.3 is 4.52 Å². The Morgan fingerprint density at radius 1 is 1.05 bits per heavy atom. The van der Waals surface area contributed by atoms with Crippen LogP contribution in [-0.2, 0) is 11.0 Å². The molecule has 2 heterocycles. The monoisotopic (exact) mass is 353 g/mol. The molecule has 0 fully saturated rings. The first-order valence-corrected chi connectivity index (χ1v) is 9.79. The first-order chi connectivity index (χ1) is 10.5. The number of aromatic nitrogens is 3. The van der Waals surface area contributed by atoms with Gasteiger partial charge in [-0.3, -0.25) is 0 Å². The second-order valence-corrected chi connectivity index (χ2v) is 8.69. The van der Waals surface area contributed by atoms with E-state index in [0.717, 1.165) is 5.56 Å². The number of hydrogen-bond acceptors (Lipinski definition) is 5. The zero-order valence-corrected chi connectivity index (χ0v) is 13.6. The second-order valence-electron chi connectivity index (χ2n) is 4.49. The number of hydrogen-bond donors (Lipinski definition) is 0. The van der Waals surface area contributed by atoms with Crippen LogP contribution < -0.4 is 4.52 Å². The van der Waals surface area contributed by atoms with Crippen molar-refractivity contribution < 1.29 is 9.09 Å². The minimum Gasteiger partial charge on any atom is -0.402 e. The fraction of sp³-hybridized carbons (Fsp3) is 0.0714. The Bertz CT molecular complexity index is 855. The van der Waals surface area contributed by atoms with Gasteiger partial charge >= 0.3 is 6.07 Å². The molecule has 0 radical (unpaired) electrons. The third-order valence-electron chi connectivity index (χ3n) is 2.88. The number of halogens is 2. The molecule has 8 heteroatoms.